The lowest BCUT2D eigenvalue weighted by Gasteiger charge is -2.47. The number of aromatic nitrogens is 1. The molecule has 0 saturated carbocycles. The summed E-state index contributed by atoms with van der Waals surface area (Å²) in [5.41, 5.74) is 17.0. The molecule has 83 heavy (non-hydrogen) atoms. The molecule has 0 N–H and O–H groups in total. The van der Waals surface area contributed by atoms with Gasteiger partial charge in [-0.1, -0.05) is 309 Å². The molecule has 1 aromatic heterocycles. The van der Waals surface area contributed by atoms with Gasteiger partial charge in [0.2, 0.25) is 0 Å². The van der Waals surface area contributed by atoms with Crippen LogP contribution in [0.15, 0.2) is 334 Å². The van der Waals surface area contributed by atoms with Crippen molar-refractivity contribution < 1.29 is 0 Å². The summed E-state index contributed by atoms with van der Waals surface area (Å²) in [6.45, 7) is 0. The van der Waals surface area contributed by atoms with Crippen molar-refractivity contribution in [2.24, 2.45) is 0 Å². The van der Waals surface area contributed by atoms with Gasteiger partial charge in [0.25, 0.3) is 0 Å². The Balaban J connectivity index is 1.01. The Morgan fingerprint density at radius 2 is 0.639 bits per heavy atom. The van der Waals surface area contributed by atoms with Crippen LogP contribution >= 0.6 is 0 Å². The molecule has 0 aliphatic heterocycles. The van der Waals surface area contributed by atoms with E-state index in [1.165, 1.54) is 125 Å². The van der Waals surface area contributed by atoms with Crippen LogP contribution in [-0.2, 0) is 0 Å². The topological polar surface area (TPSA) is 4.93 Å². The second-order valence-electron chi connectivity index (χ2n) is 22.5. The van der Waals surface area contributed by atoms with E-state index in [4.69, 9.17) is 0 Å². The van der Waals surface area contributed by atoms with E-state index in [0.29, 0.717) is 0 Å². The molecule has 0 saturated heterocycles. The Hall–Kier alpha value is -9.91. The first kappa shape index (κ1) is 49.0. The zero-order chi connectivity index (χ0) is 54.9. The summed E-state index contributed by atoms with van der Waals surface area (Å²) in [4.78, 5) is 0. The van der Waals surface area contributed by atoms with E-state index >= 15 is 0 Å². The average Bonchev–Trinajstić information content (AvgIpc) is 1.44. The van der Waals surface area contributed by atoms with Gasteiger partial charge in [0.1, 0.15) is 0 Å². The van der Waals surface area contributed by atoms with Crippen LogP contribution in [0.4, 0.5) is 0 Å². The minimum Gasteiger partial charge on any atom is -0.309 e. The molecule has 2 atom stereocenters. The highest BCUT2D eigenvalue weighted by Crippen LogP contribution is 2.57. The lowest BCUT2D eigenvalue weighted by Crippen LogP contribution is -2.75. The third-order valence-corrected chi connectivity index (χ3v) is 28.0. The highest BCUT2D eigenvalue weighted by Gasteiger charge is 2.50. The summed E-state index contributed by atoms with van der Waals surface area (Å²) >= 11 is 0. The minimum absolute atomic E-state index is 0.0211. The number of fused-ring (bicyclic) bond motifs is 3. The van der Waals surface area contributed by atoms with Crippen molar-refractivity contribution in [3.63, 3.8) is 0 Å². The lowest BCUT2D eigenvalue weighted by atomic mass is 9.60. The van der Waals surface area contributed by atoms with E-state index in [1.54, 1.807) is 0 Å². The third kappa shape index (κ3) is 7.52. The first-order valence-corrected chi connectivity index (χ1v) is 33.1. The van der Waals surface area contributed by atoms with Crippen LogP contribution in [0.3, 0.4) is 0 Å². The molecule has 2 unspecified atom stereocenters. The number of rotatable bonds is 11. The monoisotopic (exact) mass is 1090 g/mol. The lowest BCUT2D eigenvalue weighted by molar-refractivity contribution is 0.752. The highest BCUT2D eigenvalue weighted by molar-refractivity contribution is 7.20. The van der Waals surface area contributed by atoms with Gasteiger partial charge >= 0.3 is 0 Å². The molecule has 0 spiro atoms. The number of para-hydroxylation sites is 1. The summed E-state index contributed by atoms with van der Waals surface area (Å²) in [7, 11) is -6.20. The van der Waals surface area contributed by atoms with Crippen LogP contribution < -0.4 is 41.5 Å². The molecular weight excluding hydrogens is 1030 g/mol. The second-order valence-corrected chi connectivity index (χ2v) is 30.1. The van der Waals surface area contributed by atoms with Crippen molar-refractivity contribution in [1.29, 1.82) is 0 Å². The van der Waals surface area contributed by atoms with Crippen LogP contribution in [0.5, 0.6) is 0 Å². The van der Waals surface area contributed by atoms with Gasteiger partial charge in [-0.3, -0.25) is 0 Å². The predicted molar refractivity (Wildman–Crippen MR) is 354 cm³/mol. The molecule has 0 amide bonds. The third-order valence-electron chi connectivity index (χ3n) is 18.4. The molecular formula is C80H57NSi2. The van der Waals surface area contributed by atoms with Crippen LogP contribution in [0.2, 0.25) is 0 Å². The molecule has 0 fully saturated rings. The first-order valence-electron chi connectivity index (χ1n) is 29.1. The largest absolute Gasteiger partial charge is 0.309 e. The number of hydrogen-bond donors (Lipinski definition) is 0. The van der Waals surface area contributed by atoms with E-state index in [1.807, 2.05) is 0 Å². The van der Waals surface area contributed by atoms with Crippen molar-refractivity contribution in [2.75, 3.05) is 0 Å². The van der Waals surface area contributed by atoms with Gasteiger partial charge in [0.15, 0.2) is 16.1 Å². The Labute approximate surface area is 487 Å². The van der Waals surface area contributed by atoms with Gasteiger partial charge < -0.3 is 4.57 Å². The van der Waals surface area contributed by atoms with Crippen molar-refractivity contribution in [3.05, 3.63) is 367 Å². The fourth-order valence-electron chi connectivity index (χ4n) is 15.1. The smallest absolute Gasteiger partial charge is 0.179 e. The summed E-state index contributed by atoms with van der Waals surface area (Å²) in [6.07, 6.45) is 0. The maximum atomic E-state index is 2.66. The van der Waals surface area contributed by atoms with E-state index in [2.05, 4.69) is 338 Å². The fourth-order valence-corrected chi connectivity index (χ4v) is 25.0. The summed E-state index contributed by atoms with van der Waals surface area (Å²) in [5, 5.41) is 13.5. The van der Waals surface area contributed by atoms with E-state index in [9.17, 15) is 0 Å². The molecule has 14 aromatic rings. The Morgan fingerprint density at radius 3 is 1.17 bits per heavy atom. The Morgan fingerprint density at radius 1 is 0.229 bits per heavy atom. The molecule has 17 rings (SSSR count). The molecule has 1 nitrogen and oxygen atoms in total. The summed E-state index contributed by atoms with van der Waals surface area (Å²) in [5.74, 6) is -0.0579. The molecule has 13 aromatic carbocycles. The highest BCUT2D eigenvalue weighted by atomic mass is 28.3. The average molecular weight is 1090 g/mol. The number of nitrogens with zero attached hydrogens (tertiary/aromatic N) is 1. The standard InChI is InChI=1S/C80H57NSi2/c1-8-28-56(29-9-1)58-52-59(57-30-10-2-11-31-57)54-66(53-58)83(63-38-18-6-19-39-63,64-40-20-7-21-41-64)76-49-27-46-72-77-69-43-22-23-44-70(69)80(79(72)76)78-71(77)45-26-48-74(78)81-73-47-25-24-42-67(73)68-51-50-65(55-75(68)81)82(60-32-12-3-13-33-60,61-34-14-4-15-35-61)62-36-16-5-17-37-62/h1-55,77,80H. The molecule has 390 valence electrons. The van der Waals surface area contributed by atoms with E-state index in [-0.39, 0.29) is 11.8 Å². The van der Waals surface area contributed by atoms with Crippen LogP contribution in [0.1, 0.15) is 45.2 Å². The van der Waals surface area contributed by atoms with E-state index in [0.717, 1.165) is 0 Å². The van der Waals surface area contributed by atoms with Crippen molar-refractivity contribution in [1.82, 2.24) is 4.57 Å². The predicted octanol–water partition coefficient (Wildman–Crippen LogP) is 13.9. The van der Waals surface area contributed by atoms with Gasteiger partial charge in [-0.2, -0.15) is 0 Å². The Kier molecular flexibility index (Phi) is 11.8. The van der Waals surface area contributed by atoms with E-state index < -0.39 is 16.1 Å². The Bertz CT molecular complexity index is 4520. The van der Waals surface area contributed by atoms with Crippen LogP contribution in [0, 0.1) is 0 Å². The van der Waals surface area contributed by atoms with Gasteiger partial charge in [-0.25, -0.2) is 0 Å². The van der Waals surface area contributed by atoms with Gasteiger partial charge in [-0.05, 0) is 121 Å². The zero-order valence-electron chi connectivity index (χ0n) is 45.9. The van der Waals surface area contributed by atoms with Gasteiger partial charge in [0, 0.05) is 22.6 Å². The molecule has 3 aliphatic rings. The van der Waals surface area contributed by atoms with Crippen LogP contribution in [0.25, 0.3) is 49.7 Å². The zero-order valence-corrected chi connectivity index (χ0v) is 47.9. The van der Waals surface area contributed by atoms with Crippen LogP contribution in [-0.4, -0.2) is 20.7 Å². The van der Waals surface area contributed by atoms with Crippen molar-refractivity contribution in [2.45, 2.75) is 11.8 Å². The SMILES string of the molecule is c1ccc(-c2cc(-c3ccccc3)cc([Si](c3ccccc3)(c3ccccc3)c3cccc4c3C3c5ccccc5C4c4cccc(-n5c6ccccc6c6ccc([Si](c7ccccc7)(c7ccccc7)c7ccccc7)cc65)c43)c2)cc1. The second kappa shape index (κ2) is 20.0. The molecule has 1 heterocycles. The maximum absolute atomic E-state index is 3.29. The van der Waals surface area contributed by atoms with Crippen molar-refractivity contribution in [3.8, 4) is 27.9 Å². The molecule has 2 bridgehead atoms. The van der Waals surface area contributed by atoms with Crippen molar-refractivity contribution >= 4 is 79.4 Å². The summed E-state index contributed by atoms with van der Waals surface area (Å²) in [6, 6.07) is 127. The molecule has 3 heteroatoms. The summed E-state index contributed by atoms with van der Waals surface area (Å²) < 4.78 is 2.66. The first-order chi connectivity index (χ1) is 41.2. The van der Waals surface area contributed by atoms with Gasteiger partial charge in [0.05, 0.1) is 16.7 Å². The van der Waals surface area contributed by atoms with Gasteiger partial charge in [-0.15, -0.1) is 0 Å². The normalized spacial score (nSPS) is 14.3. The number of benzene rings is 13. The molecule has 0 radical (unpaired) electrons. The molecule has 3 aliphatic carbocycles. The fraction of sp³-hybridized carbons (Fsp3) is 0.0250. The maximum Gasteiger partial charge on any atom is 0.179 e. The minimum atomic E-state index is -3.29. The quantitative estimate of drug-likeness (QED) is 0.0899. The number of hydrogen-bond acceptors (Lipinski definition) is 0.